The summed E-state index contributed by atoms with van der Waals surface area (Å²) in [5, 5.41) is 27.7. The molecule has 1 saturated heterocycles. The number of carbonyl (C=O) groups is 4. The second-order valence-corrected chi connectivity index (χ2v) is 9.80. The summed E-state index contributed by atoms with van der Waals surface area (Å²) < 4.78 is 1.47. The van der Waals surface area contributed by atoms with Gasteiger partial charge in [-0.25, -0.2) is 19.3 Å². The molecule has 2 aliphatic rings. The molecule has 1 unspecified atom stereocenters. The second kappa shape index (κ2) is 9.36. The molecular weight excluding hydrogens is 494 g/mol. The molecule has 2 aromatic heterocycles. The molecule has 4 rings (SSSR count). The number of nitrogens with two attached hydrogens (primary N) is 1. The van der Waals surface area contributed by atoms with E-state index in [0.29, 0.717) is 27.9 Å². The first kappa shape index (κ1) is 23.0. The van der Waals surface area contributed by atoms with E-state index < -0.39 is 35.2 Å². The average molecular weight is 512 g/mol. The molecule has 4 heterocycles. The minimum atomic E-state index is -1.21. The lowest BCUT2D eigenvalue weighted by Crippen LogP contribution is -2.70. The number of thioether (sulfide) groups is 2. The molecule has 2 aliphatic heterocycles. The van der Waals surface area contributed by atoms with E-state index in [-0.39, 0.29) is 17.2 Å². The Bertz CT molecular complexity index is 1160. The second-order valence-electron chi connectivity index (χ2n) is 6.90. The van der Waals surface area contributed by atoms with Crippen molar-refractivity contribution in [2.45, 2.75) is 23.0 Å². The summed E-state index contributed by atoms with van der Waals surface area (Å²) >= 11 is 3.77. The maximum atomic E-state index is 12.7. The van der Waals surface area contributed by atoms with Crippen molar-refractivity contribution in [2.75, 3.05) is 16.8 Å². The number of anilines is 1. The van der Waals surface area contributed by atoms with Gasteiger partial charge in [0.2, 0.25) is 11.1 Å². The monoisotopic (exact) mass is 511 g/mol. The summed E-state index contributed by atoms with van der Waals surface area (Å²) in [6.45, 7) is 0. The molecule has 174 valence electrons. The predicted octanol–water partition coefficient (Wildman–Crippen LogP) is -0.769. The number of fused-ring (bicyclic) bond motifs is 1. The lowest BCUT2D eigenvalue weighted by molar-refractivity contribution is -0.150. The van der Waals surface area contributed by atoms with E-state index in [0.717, 1.165) is 11.3 Å². The Morgan fingerprint density at radius 1 is 1.39 bits per heavy atom. The number of β-lactam (4-membered cyclic amide) rings is 1. The third-order valence-electron chi connectivity index (χ3n) is 4.65. The van der Waals surface area contributed by atoms with Crippen LogP contribution in [0.5, 0.6) is 0 Å². The van der Waals surface area contributed by atoms with Gasteiger partial charge in [-0.2, -0.15) is 0 Å². The van der Waals surface area contributed by atoms with E-state index in [9.17, 15) is 24.3 Å². The van der Waals surface area contributed by atoms with Crippen molar-refractivity contribution in [3.63, 3.8) is 0 Å². The van der Waals surface area contributed by atoms with Gasteiger partial charge in [-0.1, -0.05) is 11.8 Å². The van der Waals surface area contributed by atoms with Crippen LogP contribution in [-0.4, -0.2) is 81.9 Å². The zero-order chi connectivity index (χ0) is 23.7. The van der Waals surface area contributed by atoms with Crippen molar-refractivity contribution in [1.82, 2.24) is 35.4 Å². The summed E-state index contributed by atoms with van der Waals surface area (Å²) in [5.41, 5.74) is 5.95. The average Bonchev–Trinajstić information content (AvgIpc) is 3.37. The van der Waals surface area contributed by atoms with Crippen LogP contribution >= 0.6 is 34.9 Å². The number of aliphatic carboxylic acids is 1. The quantitative estimate of drug-likeness (QED) is 0.256. The Hall–Kier alpha value is -3.18. The highest BCUT2D eigenvalue weighted by Crippen LogP contribution is 2.41. The van der Waals surface area contributed by atoms with Crippen LogP contribution in [-0.2, 0) is 27.9 Å². The first-order valence-electron chi connectivity index (χ1n) is 9.30. The van der Waals surface area contributed by atoms with Gasteiger partial charge < -0.3 is 16.2 Å². The fourth-order valence-electron chi connectivity index (χ4n) is 3.23. The molecule has 2 aromatic rings. The van der Waals surface area contributed by atoms with E-state index in [2.05, 4.69) is 31.1 Å². The van der Waals surface area contributed by atoms with Gasteiger partial charge in [0, 0.05) is 23.9 Å². The van der Waals surface area contributed by atoms with Crippen LogP contribution in [0.25, 0.3) is 0 Å². The van der Waals surface area contributed by atoms with Gasteiger partial charge in [-0.3, -0.25) is 19.8 Å². The Morgan fingerprint density at radius 3 is 2.85 bits per heavy atom. The number of primary amides is 1. The van der Waals surface area contributed by atoms with Crippen molar-refractivity contribution in [3.8, 4) is 0 Å². The van der Waals surface area contributed by atoms with Crippen LogP contribution in [0.3, 0.4) is 0 Å². The Balaban J connectivity index is 1.39. The van der Waals surface area contributed by atoms with Crippen LogP contribution in [0, 0.1) is 0 Å². The zero-order valence-electron chi connectivity index (χ0n) is 16.9. The van der Waals surface area contributed by atoms with Gasteiger partial charge >= 0.3 is 12.0 Å². The molecule has 0 saturated carbocycles. The number of urea groups is 1. The Labute approximate surface area is 198 Å². The molecule has 17 heteroatoms. The number of carboxylic acid groups (broad SMARTS) is 1. The maximum Gasteiger partial charge on any atom is 0.352 e. The molecule has 5 N–H and O–H groups in total. The molecule has 0 radical (unpaired) electrons. The van der Waals surface area contributed by atoms with Gasteiger partial charge in [-0.05, 0) is 16.0 Å². The summed E-state index contributed by atoms with van der Waals surface area (Å²) in [4.78, 5) is 53.3. The number of rotatable bonds is 8. The third-order valence-corrected chi connectivity index (χ3v) is 7.89. The number of nitrogens with zero attached hydrogens (tertiary/aromatic N) is 6. The highest BCUT2D eigenvalue weighted by Gasteiger charge is 2.54. The van der Waals surface area contributed by atoms with Gasteiger partial charge in [0.15, 0.2) is 5.13 Å². The normalized spacial score (nSPS) is 19.7. The highest BCUT2D eigenvalue weighted by molar-refractivity contribution is 8.01. The van der Waals surface area contributed by atoms with Crippen molar-refractivity contribution in [2.24, 2.45) is 12.8 Å². The number of aromatic nitrogens is 5. The zero-order valence-corrected chi connectivity index (χ0v) is 19.4. The minimum Gasteiger partial charge on any atom is -0.477 e. The first-order chi connectivity index (χ1) is 15.7. The topological polar surface area (TPSA) is 198 Å². The molecule has 2 atom stereocenters. The van der Waals surface area contributed by atoms with Gasteiger partial charge in [-0.15, -0.1) is 28.2 Å². The van der Waals surface area contributed by atoms with E-state index in [1.807, 2.05) is 0 Å². The van der Waals surface area contributed by atoms with Crippen LogP contribution in [0.2, 0.25) is 0 Å². The van der Waals surface area contributed by atoms with Crippen molar-refractivity contribution in [3.05, 3.63) is 22.3 Å². The summed E-state index contributed by atoms with van der Waals surface area (Å²) in [5.74, 6) is -1.45. The van der Waals surface area contributed by atoms with Gasteiger partial charge in [0.1, 0.15) is 17.1 Å². The molecular formula is C16H17N9O5S3. The first-order valence-corrected chi connectivity index (χ1v) is 12.2. The van der Waals surface area contributed by atoms with Crippen LogP contribution in [0.15, 0.2) is 21.8 Å². The summed E-state index contributed by atoms with van der Waals surface area (Å²) in [6.07, 6.45) is -0.104. The molecule has 0 aliphatic carbocycles. The van der Waals surface area contributed by atoms with E-state index in [4.69, 9.17) is 5.73 Å². The molecule has 4 amide bonds. The number of hydrogen-bond acceptors (Lipinski definition) is 11. The third kappa shape index (κ3) is 4.79. The molecule has 1 fully saturated rings. The smallest absolute Gasteiger partial charge is 0.352 e. The lowest BCUT2D eigenvalue weighted by Gasteiger charge is -2.49. The van der Waals surface area contributed by atoms with Crippen molar-refractivity contribution >= 4 is 63.8 Å². The fourth-order valence-corrected chi connectivity index (χ4v) is 6.28. The predicted molar refractivity (Wildman–Crippen MR) is 118 cm³/mol. The fraction of sp³-hybridized carbons (Fsp3) is 0.375. The number of tetrazole rings is 1. The summed E-state index contributed by atoms with van der Waals surface area (Å²) in [7, 11) is 1.67. The molecule has 33 heavy (non-hydrogen) atoms. The standard InChI is InChI=1S/C16H17N9O5S3/c1-24-16(21-22-23-24)33-4-6-3-31-12-9(11(27)25(12)10(6)13(28)29)19-8(26)2-7-5-32-15(18-7)20-14(17)30/h5,9,12H,2-4H2,1H3,(H,19,26)(H,28,29)(H3,17,18,20,30)/t9?,12-/m0/s1. The lowest BCUT2D eigenvalue weighted by atomic mass is 10.0. The van der Waals surface area contributed by atoms with E-state index in [1.165, 1.54) is 33.1 Å². The van der Waals surface area contributed by atoms with Crippen molar-refractivity contribution in [1.29, 1.82) is 0 Å². The van der Waals surface area contributed by atoms with Gasteiger partial charge in [0.05, 0.1) is 12.1 Å². The Morgan fingerprint density at radius 2 is 2.18 bits per heavy atom. The maximum absolute atomic E-state index is 12.7. The van der Waals surface area contributed by atoms with Crippen LogP contribution in [0.4, 0.5) is 9.93 Å². The molecule has 0 aromatic carbocycles. The number of carbonyl (C=O) groups excluding carboxylic acids is 3. The number of carboxylic acids is 1. The van der Waals surface area contributed by atoms with Crippen LogP contribution < -0.4 is 16.4 Å². The van der Waals surface area contributed by atoms with E-state index >= 15 is 0 Å². The van der Waals surface area contributed by atoms with Gasteiger partial charge in [0.25, 0.3) is 5.91 Å². The number of amides is 4. The molecule has 0 bridgehead atoms. The number of nitrogens with one attached hydrogen (secondary N) is 2. The van der Waals surface area contributed by atoms with E-state index in [1.54, 1.807) is 12.4 Å². The largest absolute Gasteiger partial charge is 0.477 e. The number of aryl methyl sites for hydroxylation is 1. The number of thiazole rings is 1. The highest BCUT2D eigenvalue weighted by atomic mass is 32.2. The Kier molecular flexibility index (Phi) is 6.52. The molecule has 0 spiro atoms. The molecule has 14 nitrogen and oxygen atoms in total. The number of hydrogen-bond donors (Lipinski definition) is 4. The summed E-state index contributed by atoms with van der Waals surface area (Å²) in [6, 6.07) is -1.60. The SMILES string of the molecule is Cn1nnnc1SCC1=C(C(=O)O)N2C(=O)C(NC(=O)Cc3csc(NC(N)=O)n3)[C@@H]2SC1. The van der Waals surface area contributed by atoms with Crippen LogP contribution in [0.1, 0.15) is 5.69 Å². The van der Waals surface area contributed by atoms with Crippen molar-refractivity contribution < 1.29 is 24.3 Å². The minimum absolute atomic E-state index is 0.0708.